The molecule has 0 spiro atoms. The van der Waals surface area contributed by atoms with Crippen LogP contribution < -0.4 is 10.1 Å². The van der Waals surface area contributed by atoms with Crippen molar-refractivity contribution < 1.29 is 32.5 Å². The Balaban J connectivity index is 1.53. The Bertz CT molecular complexity index is 1400. The highest BCUT2D eigenvalue weighted by molar-refractivity contribution is 5.73. The molecule has 196 valence electrons. The molecule has 1 unspecified atom stereocenters. The van der Waals surface area contributed by atoms with Crippen LogP contribution in [0.25, 0.3) is 16.8 Å². The second kappa shape index (κ2) is 9.68. The number of hydrogen-bond donors (Lipinski definition) is 3. The molecule has 5 heterocycles. The number of piperidine rings is 1. The molecule has 4 aromatic rings. The molecule has 1 aliphatic rings. The minimum absolute atomic E-state index is 0.0949. The first-order valence-corrected chi connectivity index (χ1v) is 11.5. The van der Waals surface area contributed by atoms with Crippen LogP contribution in [-0.2, 0) is 6.18 Å². The van der Waals surface area contributed by atoms with E-state index in [1.54, 1.807) is 11.6 Å². The van der Waals surface area contributed by atoms with Crippen LogP contribution in [0.4, 0.5) is 17.6 Å². The first-order chi connectivity index (χ1) is 17.6. The van der Waals surface area contributed by atoms with Crippen molar-refractivity contribution in [2.75, 3.05) is 19.7 Å². The minimum atomic E-state index is -4.71. The van der Waals surface area contributed by atoms with E-state index in [1.807, 2.05) is 0 Å². The third-order valence-electron chi connectivity index (χ3n) is 6.30. The second-order valence-corrected chi connectivity index (χ2v) is 8.77. The summed E-state index contributed by atoms with van der Waals surface area (Å²) in [6, 6.07) is 3.43. The van der Waals surface area contributed by atoms with Crippen molar-refractivity contribution in [1.29, 1.82) is 0 Å². The van der Waals surface area contributed by atoms with Gasteiger partial charge in [-0.3, -0.25) is 4.98 Å². The zero-order chi connectivity index (χ0) is 26.3. The van der Waals surface area contributed by atoms with E-state index < -0.39 is 36.4 Å². The van der Waals surface area contributed by atoms with E-state index in [1.165, 1.54) is 18.3 Å². The van der Waals surface area contributed by atoms with Gasteiger partial charge >= 0.3 is 6.18 Å². The van der Waals surface area contributed by atoms with Gasteiger partial charge in [-0.2, -0.15) is 18.3 Å². The van der Waals surface area contributed by atoms with Crippen molar-refractivity contribution in [3.05, 3.63) is 59.6 Å². The molecular formula is C23H23F4N7O3. The summed E-state index contributed by atoms with van der Waals surface area (Å²) in [6.45, 7) is 2.40. The third-order valence-corrected chi connectivity index (χ3v) is 6.30. The molecule has 3 N–H and O–H groups in total. The smallest absolute Gasteiger partial charge is 0.420 e. The van der Waals surface area contributed by atoms with Crippen molar-refractivity contribution in [1.82, 2.24) is 34.9 Å². The molecule has 4 aromatic heterocycles. The average molecular weight is 521 g/mol. The molecule has 0 aliphatic carbocycles. The maximum absolute atomic E-state index is 13.7. The molecule has 1 fully saturated rings. The molecule has 1 aliphatic heterocycles. The SMILES string of the molecule is Cc1c(-c2cc(OCC(O)c3ccc(F)cn3)c3c(C(F)(F)F)cnn3c2)nnn1[C@@H]1CCNC[C@@H]1O. The van der Waals surface area contributed by atoms with E-state index in [0.29, 0.717) is 42.7 Å². The Morgan fingerprint density at radius 2 is 2.08 bits per heavy atom. The Kier molecular flexibility index (Phi) is 6.56. The lowest BCUT2D eigenvalue weighted by Crippen LogP contribution is -2.42. The highest BCUT2D eigenvalue weighted by Gasteiger charge is 2.36. The van der Waals surface area contributed by atoms with Gasteiger partial charge in [0, 0.05) is 18.3 Å². The minimum Gasteiger partial charge on any atom is -0.488 e. The van der Waals surface area contributed by atoms with Gasteiger partial charge in [-0.15, -0.1) is 5.10 Å². The number of aliphatic hydroxyl groups excluding tert-OH is 2. The van der Waals surface area contributed by atoms with E-state index in [-0.39, 0.29) is 23.0 Å². The van der Waals surface area contributed by atoms with Gasteiger partial charge in [0.25, 0.3) is 0 Å². The maximum Gasteiger partial charge on any atom is 0.420 e. The fraction of sp³-hybridized carbons (Fsp3) is 0.391. The van der Waals surface area contributed by atoms with Gasteiger partial charge in [0.15, 0.2) is 0 Å². The van der Waals surface area contributed by atoms with Crippen molar-refractivity contribution in [2.24, 2.45) is 0 Å². The zero-order valence-electron chi connectivity index (χ0n) is 19.5. The van der Waals surface area contributed by atoms with E-state index in [0.717, 1.165) is 16.8 Å². The summed E-state index contributed by atoms with van der Waals surface area (Å²) in [7, 11) is 0. The Morgan fingerprint density at radius 1 is 1.27 bits per heavy atom. The van der Waals surface area contributed by atoms with Crippen molar-refractivity contribution in [3.8, 4) is 17.0 Å². The van der Waals surface area contributed by atoms with Gasteiger partial charge in [0.1, 0.15) is 41.1 Å². The molecule has 0 aromatic carbocycles. The molecule has 0 saturated carbocycles. The number of ether oxygens (including phenoxy) is 1. The summed E-state index contributed by atoms with van der Waals surface area (Å²) in [5.74, 6) is -0.792. The van der Waals surface area contributed by atoms with Crippen LogP contribution in [0.2, 0.25) is 0 Å². The number of aliphatic hydroxyl groups is 2. The Morgan fingerprint density at radius 3 is 2.78 bits per heavy atom. The van der Waals surface area contributed by atoms with Crippen molar-refractivity contribution >= 4 is 5.52 Å². The van der Waals surface area contributed by atoms with E-state index in [2.05, 4.69) is 25.7 Å². The highest BCUT2D eigenvalue weighted by atomic mass is 19.4. The molecule has 10 nitrogen and oxygen atoms in total. The molecule has 3 atom stereocenters. The predicted molar refractivity (Wildman–Crippen MR) is 121 cm³/mol. The van der Waals surface area contributed by atoms with Crippen molar-refractivity contribution in [3.63, 3.8) is 0 Å². The predicted octanol–water partition coefficient (Wildman–Crippen LogP) is 2.46. The molecule has 5 rings (SSSR count). The highest BCUT2D eigenvalue weighted by Crippen LogP contribution is 2.39. The molecule has 14 heteroatoms. The maximum atomic E-state index is 13.7. The van der Waals surface area contributed by atoms with E-state index in [9.17, 15) is 27.8 Å². The molecule has 37 heavy (non-hydrogen) atoms. The number of nitrogens with zero attached hydrogens (tertiary/aromatic N) is 6. The largest absolute Gasteiger partial charge is 0.488 e. The van der Waals surface area contributed by atoms with Crippen LogP contribution in [0.1, 0.15) is 35.5 Å². The fourth-order valence-electron chi connectivity index (χ4n) is 4.41. The fourth-order valence-corrected chi connectivity index (χ4v) is 4.41. The molecule has 1 saturated heterocycles. The number of pyridine rings is 2. The van der Waals surface area contributed by atoms with Gasteiger partial charge in [-0.25, -0.2) is 13.6 Å². The van der Waals surface area contributed by atoms with Gasteiger partial charge in [-0.1, -0.05) is 5.21 Å². The Hall–Kier alpha value is -3.62. The van der Waals surface area contributed by atoms with E-state index in [4.69, 9.17) is 4.74 Å². The topological polar surface area (TPSA) is 123 Å². The Labute approximate surface area is 207 Å². The molecule has 0 amide bonds. The number of aromatic nitrogens is 6. The number of rotatable bonds is 6. The lowest BCUT2D eigenvalue weighted by molar-refractivity contribution is -0.136. The second-order valence-electron chi connectivity index (χ2n) is 8.77. The van der Waals surface area contributed by atoms with Crippen LogP contribution in [0.15, 0.2) is 36.8 Å². The van der Waals surface area contributed by atoms with E-state index >= 15 is 0 Å². The molecular weight excluding hydrogens is 498 g/mol. The summed E-state index contributed by atoms with van der Waals surface area (Å²) >= 11 is 0. The number of β-amino-alcohol motifs (C(OH)–C–C–N with tert-alkyl or cyclic N) is 1. The lowest BCUT2D eigenvalue weighted by atomic mass is 10.0. The first-order valence-electron chi connectivity index (χ1n) is 11.5. The number of alkyl halides is 3. The van der Waals surface area contributed by atoms with Gasteiger partial charge in [0.2, 0.25) is 0 Å². The van der Waals surface area contributed by atoms with Gasteiger partial charge < -0.3 is 20.3 Å². The van der Waals surface area contributed by atoms with Crippen LogP contribution in [0.5, 0.6) is 5.75 Å². The number of halogens is 4. The number of hydrogen-bond acceptors (Lipinski definition) is 8. The molecule has 0 bridgehead atoms. The quantitative estimate of drug-likeness (QED) is 0.331. The van der Waals surface area contributed by atoms with Gasteiger partial charge in [-0.05, 0) is 38.1 Å². The van der Waals surface area contributed by atoms with Gasteiger partial charge in [0.05, 0.1) is 35.9 Å². The molecule has 0 radical (unpaired) electrons. The standard InChI is InChI=1S/C23H23F4N7O3/c1-12-21(31-32-34(12)17-4-5-28-9-18(17)35)13-6-20(22-15(23(25,26)27)8-30-33(22)10-13)37-11-19(36)16-3-2-14(24)7-29-16/h2-3,6-8,10,17-19,28,35-36H,4-5,9,11H2,1H3/t17-,18+,19?/m1/s1. The summed E-state index contributed by atoms with van der Waals surface area (Å²) in [4.78, 5) is 3.78. The van der Waals surface area contributed by atoms with Crippen LogP contribution in [0.3, 0.4) is 0 Å². The van der Waals surface area contributed by atoms with Crippen LogP contribution >= 0.6 is 0 Å². The normalized spacial score (nSPS) is 19.3. The van der Waals surface area contributed by atoms with Crippen LogP contribution in [-0.4, -0.2) is 65.6 Å². The zero-order valence-corrected chi connectivity index (χ0v) is 19.5. The summed E-state index contributed by atoms with van der Waals surface area (Å²) in [5.41, 5.74) is 0.103. The number of fused-ring (bicyclic) bond motifs is 1. The third kappa shape index (κ3) is 4.86. The summed E-state index contributed by atoms with van der Waals surface area (Å²) in [5, 5.41) is 36.2. The summed E-state index contributed by atoms with van der Waals surface area (Å²) < 4.78 is 62.6. The summed E-state index contributed by atoms with van der Waals surface area (Å²) in [6.07, 6.45) is -3.09. The van der Waals surface area contributed by atoms with Crippen LogP contribution in [0, 0.1) is 12.7 Å². The van der Waals surface area contributed by atoms with Crippen molar-refractivity contribution in [2.45, 2.75) is 37.8 Å². The number of nitrogens with one attached hydrogen (secondary N) is 1. The lowest BCUT2D eigenvalue weighted by Gasteiger charge is -2.28. The average Bonchev–Trinajstić information content (AvgIpc) is 3.47. The monoisotopic (exact) mass is 521 g/mol. The first kappa shape index (κ1) is 25.0.